The number of hydrogen-bond donors (Lipinski definition) is 1. The fraction of sp³-hybridized carbons (Fsp3) is 0.333. The van der Waals surface area contributed by atoms with E-state index in [1.54, 1.807) is 49.4 Å². The highest BCUT2D eigenvalue weighted by atomic mass is 32.2. The zero-order chi connectivity index (χ0) is 29.3. The molecule has 0 saturated carbocycles. The van der Waals surface area contributed by atoms with Crippen molar-refractivity contribution in [1.29, 1.82) is 0 Å². The first kappa shape index (κ1) is 30.6. The second-order valence-corrected chi connectivity index (χ2v) is 11.3. The minimum Gasteiger partial charge on any atom is -0.497 e. The molecule has 10 heteroatoms. The van der Waals surface area contributed by atoms with Gasteiger partial charge < -0.3 is 15.0 Å². The number of halogens is 1. The van der Waals surface area contributed by atoms with E-state index >= 15 is 0 Å². The summed E-state index contributed by atoms with van der Waals surface area (Å²) in [5, 5.41) is 2.94. The van der Waals surface area contributed by atoms with E-state index in [4.69, 9.17) is 4.74 Å². The van der Waals surface area contributed by atoms with Gasteiger partial charge in [-0.15, -0.1) is 0 Å². The van der Waals surface area contributed by atoms with E-state index in [1.807, 2.05) is 13.8 Å². The monoisotopic (exact) mass is 569 g/mol. The van der Waals surface area contributed by atoms with Crippen molar-refractivity contribution in [2.75, 3.05) is 18.0 Å². The molecule has 0 bridgehead atoms. The third-order valence-corrected chi connectivity index (χ3v) is 8.39. The van der Waals surface area contributed by atoms with Crippen LogP contribution in [0.5, 0.6) is 5.75 Å². The molecule has 214 valence electrons. The van der Waals surface area contributed by atoms with Gasteiger partial charge in [-0.1, -0.05) is 44.2 Å². The Hall–Kier alpha value is -3.92. The summed E-state index contributed by atoms with van der Waals surface area (Å²) in [5.74, 6) is -0.869. The molecule has 40 heavy (non-hydrogen) atoms. The molecule has 0 saturated heterocycles. The first-order valence-corrected chi connectivity index (χ1v) is 14.6. The van der Waals surface area contributed by atoms with E-state index in [1.165, 1.54) is 36.3 Å². The standard InChI is InChI=1S/C30H36FN3O5S/c1-5-22(3)32-30(36)28(6-2)33(20-23-11-10-12-26(19-23)39-4)29(35)21-34(25-17-15-24(31)16-18-25)40(37,38)27-13-8-7-9-14-27/h7-19,22,28H,5-6,20-21H2,1-4H3,(H,32,36)/t22-,28+/m0/s1. The quantitative estimate of drug-likeness (QED) is 0.321. The molecular weight excluding hydrogens is 533 g/mol. The predicted octanol–water partition coefficient (Wildman–Crippen LogP) is 4.75. The molecule has 2 atom stereocenters. The smallest absolute Gasteiger partial charge is 0.264 e. The minimum atomic E-state index is -4.21. The van der Waals surface area contributed by atoms with Crippen LogP contribution < -0.4 is 14.4 Å². The summed E-state index contributed by atoms with van der Waals surface area (Å²) < 4.78 is 47.5. The van der Waals surface area contributed by atoms with Crippen LogP contribution in [0.4, 0.5) is 10.1 Å². The summed E-state index contributed by atoms with van der Waals surface area (Å²) in [7, 11) is -2.68. The number of nitrogens with zero attached hydrogens (tertiary/aromatic N) is 2. The Morgan fingerprint density at radius 3 is 2.23 bits per heavy atom. The topological polar surface area (TPSA) is 96.0 Å². The Balaban J connectivity index is 2.05. The molecule has 0 fully saturated rings. The summed E-state index contributed by atoms with van der Waals surface area (Å²) in [6.45, 7) is 5.07. The zero-order valence-electron chi connectivity index (χ0n) is 23.2. The lowest BCUT2D eigenvalue weighted by molar-refractivity contribution is -0.140. The normalized spacial score (nSPS) is 12.7. The maximum absolute atomic E-state index is 14.0. The van der Waals surface area contributed by atoms with Gasteiger partial charge in [0.15, 0.2) is 0 Å². The summed E-state index contributed by atoms with van der Waals surface area (Å²) in [6.07, 6.45) is 1.01. The Morgan fingerprint density at radius 2 is 1.62 bits per heavy atom. The molecule has 0 aromatic heterocycles. The number of methoxy groups -OCH3 is 1. The third kappa shape index (κ3) is 7.59. The van der Waals surface area contributed by atoms with Crippen molar-refractivity contribution in [1.82, 2.24) is 10.2 Å². The molecule has 0 aliphatic heterocycles. The Bertz CT molecular complexity index is 1380. The molecule has 0 spiro atoms. The van der Waals surface area contributed by atoms with Crippen LogP contribution in [0.2, 0.25) is 0 Å². The van der Waals surface area contributed by atoms with E-state index in [0.29, 0.717) is 24.2 Å². The van der Waals surface area contributed by atoms with Crippen LogP contribution in [0.3, 0.4) is 0 Å². The Morgan fingerprint density at radius 1 is 0.950 bits per heavy atom. The molecule has 0 heterocycles. The summed E-state index contributed by atoms with van der Waals surface area (Å²) >= 11 is 0. The van der Waals surface area contributed by atoms with Crippen molar-refractivity contribution in [2.45, 2.75) is 57.1 Å². The SMILES string of the molecule is CC[C@H](C(=O)N[C@@H](C)CC)N(Cc1cccc(OC)c1)C(=O)CN(c1ccc(F)cc1)S(=O)(=O)c1ccccc1. The molecule has 1 N–H and O–H groups in total. The molecule has 0 aliphatic rings. The zero-order valence-corrected chi connectivity index (χ0v) is 24.0. The third-order valence-electron chi connectivity index (χ3n) is 6.60. The van der Waals surface area contributed by atoms with E-state index in [-0.39, 0.29) is 29.1 Å². The van der Waals surface area contributed by atoms with Gasteiger partial charge in [0.25, 0.3) is 10.0 Å². The fourth-order valence-electron chi connectivity index (χ4n) is 4.18. The number of ether oxygens (including phenoxy) is 1. The predicted molar refractivity (Wildman–Crippen MR) is 153 cm³/mol. The van der Waals surface area contributed by atoms with Gasteiger partial charge in [0, 0.05) is 12.6 Å². The van der Waals surface area contributed by atoms with Crippen LogP contribution in [-0.2, 0) is 26.2 Å². The van der Waals surface area contributed by atoms with Crippen molar-refractivity contribution in [3.63, 3.8) is 0 Å². The number of nitrogens with one attached hydrogen (secondary N) is 1. The summed E-state index contributed by atoms with van der Waals surface area (Å²) in [4.78, 5) is 28.7. The molecule has 0 unspecified atom stereocenters. The lowest BCUT2D eigenvalue weighted by Crippen LogP contribution is -2.53. The van der Waals surface area contributed by atoms with Gasteiger partial charge in [0.1, 0.15) is 24.2 Å². The van der Waals surface area contributed by atoms with Crippen molar-refractivity contribution in [3.8, 4) is 5.75 Å². The van der Waals surface area contributed by atoms with Gasteiger partial charge in [-0.25, -0.2) is 12.8 Å². The number of anilines is 1. The lowest BCUT2D eigenvalue weighted by Gasteiger charge is -2.33. The highest BCUT2D eigenvalue weighted by Gasteiger charge is 2.34. The molecule has 3 rings (SSSR count). The number of carbonyl (C=O) groups is 2. The van der Waals surface area contributed by atoms with Gasteiger partial charge in [-0.3, -0.25) is 13.9 Å². The highest BCUT2D eigenvalue weighted by molar-refractivity contribution is 7.92. The molecule has 0 aliphatic carbocycles. The van der Waals surface area contributed by atoms with Crippen molar-refractivity contribution < 1.29 is 27.1 Å². The van der Waals surface area contributed by atoms with Gasteiger partial charge >= 0.3 is 0 Å². The fourth-order valence-corrected chi connectivity index (χ4v) is 5.62. The second-order valence-electron chi connectivity index (χ2n) is 9.42. The van der Waals surface area contributed by atoms with Crippen LogP contribution in [-0.4, -0.2) is 50.9 Å². The van der Waals surface area contributed by atoms with Crippen LogP contribution in [0, 0.1) is 5.82 Å². The number of rotatable bonds is 13. The van der Waals surface area contributed by atoms with Gasteiger partial charge in [-0.05, 0) is 73.9 Å². The van der Waals surface area contributed by atoms with E-state index in [9.17, 15) is 22.4 Å². The number of benzene rings is 3. The minimum absolute atomic E-state index is 0.0203. The molecule has 3 aromatic rings. The Labute approximate surface area is 235 Å². The van der Waals surface area contributed by atoms with Gasteiger partial charge in [0.05, 0.1) is 17.7 Å². The number of amides is 2. The summed E-state index contributed by atoms with van der Waals surface area (Å²) in [5.41, 5.74) is 0.832. The first-order chi connectivity index (χ1) is 19.1. The lowest BCUT2D eigenvalue weighted by atomic mass is 10.1. The van der Waals surface area contributed by atoms with E-state index in [0.717, 1.165) is 16.4 Å². The molecular formula is C30H36FN3O5S. The first-order valence-electron chi connectivity index (χ1n) is 13.2. The van der Waals surface area contributed by atoms with Crippen molar-refractivity contribution in [3.05, 3.63) is 90.2 Å². The van der Waals surface area contributed by atoms with Gasteiger partial charge in [0.2, 0.25) is 11.8 Å². The maximum atomic E-state index is 14.0. The maximum Gasteiger partial charge on any atom is 0.264 e. The van der Waals surface area contributed by atoms with Crippen molar-refractivity contribution in [2.24, 2.45) is 0 Å². The average molecular weight is 570 g/mol. The largest absolute Gasteiger partial charge is 0.497 e. The van der Waals surface area contributed by atoms with Gasteiger partial charge in [-0.2, -0.15) is 0 Å². The molecule has 3 aromatic carbocycles. The number of sulfonamides is 1. The van der Waals surface area contributed by atoms with Crippen LogP contribution in [0.1, 0.15) is 39.2 Å². The van der Waals surface area contributed by atoms with E-state index in [2.05, 4.69) is 5.32 Å². The average Bonchev–Trinajstić information content (AvgIpc) is 2.96. The van der Waals surface area contributed by atoms with Crippen LogP contribution in [0.15, 0.2) is 83.8 Å². The van der Waals surface area contributed by atoms with Crippen LogP contribution >= 0.6 is 0 Å². The van der Waals surface area contributed by atoms with Crippen molar-refractivity contribution >= 4 is 27.5 Å². The summed E-state index contributed by atoms with van der Waals surface area (Å²) in [6, 6.07) is 18.7. The number of hydrogen-bond acceptors (Lipinski definition) is 5. The Kier molecular flexibility index (Phi) is 10.7. The second kappa shape index (κ2) is 13.9. The molecule has 8 nitrogen and oxygen atoms in total. The van der Waals surface area contributed by atoms with Crippen LogP contribution in [0.25, 0.3) is 0 Å². The molecule has 0 radical (unpaired) electrons. The number of carbonyl (C=O) groups excluding carboxylic acids is 2. The van der Waals surface area contributed by atoms with E-state index < -0.39 is 34.3 Å². The highest BCUT2D eigenvalue weighted by Crippen LogP contribution is 2.25. The molecule has 2 amide bonds.